The standard InChI is InChI=1S/C21H21N5O4/c27-20(11-10-19-22-23-21(30-19)16-4-2-1-3-5-16)25-14-12-24(13-15-25)17-6-8-18(9-7-17)26(28)29/h1-9H,10-15H2. The van der Waals surface area contributed by atoms with Crippen molar-refractivity contribution in [2.45, 2.75) is 12.8 Å². The third kappa shape index (κ3) is 4.45. The van der Waals surface area contributed by atoms with E-state index in [1.54, 1.807) is 12.1 Å². The molecule has 0 bridgehead atoms. The first-order chi connectivity index (χ1) is 14.6. The van der Waals surface area contributed by atoms with Gasteiger partial charge >= 0.3 is 0 Å². The quantitative estimate of drug-likeness (QED) is 0.457. The van der Waals surface area contributed by atoms with Crippen LogP contribution in [0.15, 0.2) is 59.0 Å². The van der Waals surface area contributed by atoms with Crippen LogP contribution in [0.1, 0.15) is 12.3 Å². The van der Waals surface area contributed by atoms with Gasteiger partial charge in [-0.2, -0.15) is 0 Å². The van der Waals surface area contributed by atoms with E-state index in [-0.39, 0.29) is 11.6 Å². The molecule has 30 heavy (non-hydrogen) atoms. The van der Waals surface area contributed by atoms with Crippen LogP contribution in [0.2, 0.25) is 0 Å². The Morgan fingerprint density at radius 3 is 2.37 bits per heavy atom. The summed E-state index contributed by atoms with van der Waals surface area (Å²) in [4.78, 5) is 26.9. The number of amides is 1. The maximum absolute atomic E-state index is 12.6. The molecule has 0 saturated carbocycles. The van der Waals surface area contributed by atoms with Crippen LogP contribution in [0.25, 0.3) is 11.5 Å². The number of carbonyl (C=O) groups excluding carboxylic acids is 1. The molecule has 154 valence electrons. The number of aryl methyl sites for hydroxylation is 1. The smallest absolute Gasteiger partial charge is 0.269 e. The number of nitro benzene ring substituents is 1. The van der Waals surface area contributed by atoms with Crippen LogP contribution in [-0.2, 0) is 11.2 Å². The minimum atomic E-state index is -0.410. The lowest BCUT2D eigenvalue weighted by atomic mass is 10.2. The molecule has 3 aromatic rings. The summed E-state index contributed by atoms with van der Waals surface area (Å²) >= 11 is 0. The van der Waals surface area contributed by atoms with Crippen molar-refractivity contribution in [2.24, 2.45) is 0 Å². The van der Waals surface area contributed by atoms with Crippen molar-refractivity contribution >= 4 is 17.3 Å². The van der Waals surface area contributed by atoms with Crippen LogP contribution in [-0.4, -0.2) is 52.1 Å². The minimum absolute atomic E-state index is 0.0535. The zero-order valence-electron chi connectivity index (χ0n) is 16.3. The maximum Gasteiger partial charge on any atom is 0.269 e. The van der Waals surface area contributed by atoms with E-state index < -0.39 is 4.92 Å². The maximum atomic E-state index is 12.6. The molecule has 0 spiro atoms. The van der Waals surface area contributed by atoms with Gasteiger partial charge < -0.3 is 14.2 Å². The van der Waals surface area contributed by atoms with Gasteiger partial charge in [-0.3, -0.25) is 14.9 Å². The zero-order valence-corrected chi connectivity index (χ0v) is 16.3. The van der Waals surface area contributed by atoms with Gasteiger partial charge in [-0.05, 0) is 24.3 Å². The van der Waals surface area contributed by atoms with Gasteiger partial charge in [-0.15, -0.1) is 10.2 Å². The van der Waals surface area contributed by atoms with Crippen LogP contribution >= 0.6 is 0 Å². The highest BCUT2D eigenvalue weighted by Crippen LogP contribution is 2.21. The van der Waals surface area contributed by atoms with Crippen LogP contribution in [0.4, 0.5) is 11.4 Å². The molecule has 0 aliphatic carbocycles. The number of nitro groups is 1. The average molecular weight is 407 g/mol. The highest BCUT2D eigenvalue weighted by Gasteiger charge is 2.22. The monoisotopic (exact) mass is 407 g/mol. The Labute approximate surface area is 173 Å². The minimum Gasteiger partial charge on any atom is -0.421 e. The largest absolute Gasteiger partial charge is 0.421 e. The number of non-ortho nitro benzene ring substituents is 1. The van der Waals surface area contributed by atoms with Gasteiger partial charge in [0.2, 0.25) is 17.7 Å². The first-order valence-corrected chi connectivity index (χ1v) is 9.75. The molecule has 2 heterocycles. The number of benzene rings is 2. The average Bonchev–Trinajstić information content (AvgIpc) is 3.27. The lowest BCUT2D eigenvalue weighted by Crippen LogP contribution is -2.48. The summed E-state index contributed by atoms with van der Waals surface area (Å²) in [5.41, 5.74) is 1.85. The van der Waals surface area contributed by atoms with E-state index in [0.717, 1.165) is 11.3 Å². The predicted molar refractivity (Wildman–Crippen MR) is 110 cm³/mol. The first-order valence-electron chi connectivity index (χ1n) is 9.75. The Hall–Kier alpha value is -3.75. The first kappa shape index (κ1) is 19.6. The van der Waals surface area contributed by atoms with Crippen LogP contribution in [0, 0.1) is 10.1 Å². The fourth-order valence-electron chi connectivity index (χ4n) is 3.42. The molecule has 0 radical (unpaired) electrons. The third-order valence-corrected chi connectivity index (χ3v) is 5.10. The van der Waals surface area contributed by atoms with Gasteiger partial charge in [-0.25, -0.2) is 0 Å². The van der Waals surface area contributed by atoms with Crippen molar-refractivity contribution < 1.29 is 14.1 Å². The van der Waals surface area contributed by atoms with Crippen molar-refractivity contribution in [1.82, 2.24) is 15.1 Å². The van der Waals surface area contributed by atoms with Crippen LogP contribution < -0.4 is 4.90 Å². The Morgan fingerprint density at radius 2 is 1.70 bits per heavy atom. The molecule has 1 aliphatic heterocycles. The number of hydrogen-bond donors (Lipinski definition) is 0. The van der Waals surface area contributed by atoms with Crippen molar-refractivity contribution in [1.29, 1.82) is 0 Å². The molecule has 1 aliphatic rings. The molecule has 2 aromatic carbocycles. The third-order valence-electron chi connectivity index (χ3n) is 5.10. The van der Waals surface area contributed by atoms with E-state index in [1.165, 1.54) is 12.1 Å². The molecule has 9 heteroatoms. The molecule has 1 fully saturated rings. The second-order valence-corrected chi connectivity index (χ2v) is 7.01. The van der Waals surface area contributed by atoms with E-state index in [4.69, 9.17) is 4.42 Å². The van der Waals surface area contributed by atoms with Gasteiger partial charge in [0.1, 0.15) is 0 Å². The topological polar surface area (TPSA) is 106 Å². The fraction of sp³-hybridized carbons (Fsp3) is 0.286. The van der Waals surface area contributed by atoms with E-state index >= 15 is 0 Å². The molecule has 4 rings (SSSR count). The lowest BCUT2D eigenvalue weighted by molar-refractivity contribution is -0.384. The number of rotatable bonds is 6. The Balaban J connectivity index is 1.26. The molecule has 1 saturated heterocycles. The second kappa shape index (κ2) is 8.73. The van der Waals surface area contributed by atoms with Gasteiger partial charge in [0.15, 0.2) is 0 Å². The summed E-state index contributed by atoms with van der Waals surface area (Å²) in [5.74, 6) is 0.958. The van der Waals surface area contributed by atoms with Crippen molar-refractivity contribution in [3.8, 4) is 11.5 Å². The molecule has 0 unspecified atom stereocenters. The van der Waals surface area contributed by atoms with Gasteiger partial charge in [0.25, 0.3) is 5.69 Å². The van der Waals surface area contributed by atoms with Crippen LogP contribution in [0.5, 0.6) is 0 Å². The highest BCUT2D eigenvalue weighted by molar-refractivity contribution is 5.76. The molecule has 1 amide bonds. The number of aromatic nitrogens is 2. The molecule has 1 aromatic heterocycles. The van der Waals surface area contributed by atoms with Crippen molar-refractivity contribution in [3.05, 3.63) is 70.6 Å². The predicted octanol–water partition coefficient (Wildman–Crippen LogP) is 2.93. The Kier molecular flexibility index (Phi) is 5.69. The summed E-state index contributed by atoms with van der Waals surface area (Å²) < 4.78 is 5.66. The summed E-state index contributed by atoms with van der Waals surface area (Å²) in [6.07, 6.45) is 0.717. The van der Waals surface area contributed by atoms with Crippen LogP contribution in [0.3, 0.4) is 0 Å². The van der Waals surface area contributed by atoms with Gasteiger partial charge in [0.05, 0.1) is 4.92 Å². The summed E-state index contributed by atoms with van der Waals surface area (Å²) in [6.45, 7) is 2.58. The number of carbonyl (C=O) groups is 1. The summed E-state index contributed by atoms with van der Waals surface area (Å²) in [6, 6.07) is 16.0. The Morgan fingerprint density at radius 1 is 1.00 bits per heavy atom. The number of nitrogens with zero attached hydrogens (tertiary/aromatic N) is 5. The zero-order chi connectivity index (χ0) is 20.9. The van der Waals surface area contributed by atoms with Crippen molar-refractivity contribution in [2.75, 3.05) is 31.1 Å². The van der Waals surface area contributed by atoms with E-state index in [2.05, 4.69) is 15.1 Å². The SMILES string of the molecule is O=C(CCc1nnc(-c2ccccc2)o1)N1CCN(c2ccc([N+](=O)[O-])cc2)CC1. The summed E-state index contributed by atoms with van der Waals surface area (Å²) in [7, 11) is 0. The Bertz CT molecular complexity index is 1010. The number of anilines is 1. The normalized spacial score (nSPS) is 14.0. The molecular weight excluding hydrogens is 386 g/mol. The van der Waals surface area contributed by atoms with Crippen molar-refractivity contribution in [3.63, 3.8) is 0 Å². The second-order valence-electron chi connectivity index (χ2n) is 7.01. The number of hydrogen-bond acceptors (Lipinski definition) is 7. The number of piperazine rings is 1. The molecule has 0 atom stereocenters. The van der Waals surface area contributed by atoms with E-state index in [0.29, 0.717) is 50.8 Å². The molecule has 9 nitrogen and oxygen atoms in total. The molecule has 0 N–H and O–H groups in total. The van der Waals surface area contributed by atoms with Gasteiger partial charge in [0, 0.05) is 62.4 Å². The fourth-order valence-corrected chi connectivity index (χ4v) is 3.42. The summed E-state index contributed by atoms with van der Waals surface area (Å²) in [5, 5.41) is 18.9. The lowest BCUT2D eigenvalue weighted by Gasteiger charge is -2.36. The van der Waals surface area contributed by atoms with E-state index in [1.807, 2.05) is 35.2 Å². The van der Waals surface area contributed by atoms with Gasteiger partial charge in [-0.1, -0.05) is 18.2 Å². The highest BCUT2D eigenvalue weighted by atomic mass is 16.6. The van der Waals surface area contributed by atoms with E-state index in [9.17, 15) is 14.9 Å². The molecular formula is C21H21N5O4.